The van der Waals surface area contributed by atoms with E-state index in [0.29, 0.717) is 10.9 Å². The van der Waals surface area contributed by atoms with Crippen LogP contribution in [0.2, 0.25) is 5.15 Å². The number of fused-ring (bicyclic) bond motifs is 1. The third kappa shape index (κ3) is 3.97. The molecule has 0 amide bonds. The van der Waals surface area contributed by atoms with Gasteiger partial charge >= 0.3 is 0 Å². The van der Waals surface area contributed by atoms with Gasteiger partial charge in [-0.1, -0.05) is 35.5 Å². The summed E-state index contributed by atoms with van der Waals surface area (Å²) in [5, 5.41) is 10.7. The first-order chi connectivity index (χ1) is 13.7. The van der Waals surface area contributed by atoms with Crippen molar-refractivity contribution in [2.45, 2.75) is 15.8 Å². The van der Waals surface area contributed by atoms with E-state index in [9.17, 15) is 0 Å². The van der Waals surface area contributed by atoms with Crippen LogP contribution in [0.25, 0.3) is 16.6 Å². The topological polar surface area (TPSA) is 52.8 Å². The first-order valence-corrected chi connectivity index (χ1v) is 11.1. The van der Waals surface area contributed by atoms with Crippen LogP contribution in [0.1, 0.15) is 5.56 Å². The molecule has 142 valence electrons. The monoisotopic (exact) mass is 428 g/mol. The minimum absolute atomic E-state index is 0.519. The molecule has 8 heteroatoms. The average Bonchev–Trinajstić information content (AvgIpc) is 3.20. The molecule has 4 aromatic rings. The van der Waals surface area contributed by atoms with Gasteiger partial charge in [0, 0.05) is 27.7 Å². The van der Waals surface area contributed by atoms with Gasteiger partial charge < -0.3 is 4.74 Å². The van der Waals surface area contributed by atoms with E-state index in [0.717, 1.165) is 33.1 Å². The molecule has 0 aliphatic rings. The normalized spacial score (nSPS) is 11.1. The van der Waals surface area contributed by atoms with Crippen LogP contribution in [0.4, 0.5) is 0 Å². The van der Waals surface area contributed by atoms with Gasteiger partial charge in [-0.3, -0.25) is 4.57 Å². The Morgan fingerprint density at radius 1 is 1.14 bits per heavy atom. The number of hydrogen-bond acceptors (Lipinski definition) is 6. The fraction of sp³-hybridized carbons (Fsp3) is 0.150. The van der Waals surface area contributed by atoms with Gasteiger partial charge in [0.1, 0.15) is 17.2 Å². The second-order valence-corrected chi connectivity index (χ2v) is 8.15. The van der Waals surface area contributed by atoms with E-state index in [4.69, 9.17) is 16.3 Å². The van der Waals surface area contributed by atoms with E-state index in [1.165, 1.54) is 4.90 Å². The van der Waals surface area contributed by atoms with Gasteiger partial charge in [-0.2, -0.15) is 0 Å². The maximum Gasteiger partial charge on any atom is 0.195 e. The van der Waals surface area contributed by atoms with Gasteiger partial charge in [0.15, 0.2) is 5.16 Å². The molecule has 0 spiro atoms. The fourth-order valence-electron chi connectivity index (χ4n) is 2.80. The number of hydrogen-bond donors (Lipinski definition) is 0. The molecule has 2 aromatic heterocycles. The number of thioether (sulfide) groups is 2. The predicted molar refractivity (Wildman–Crippen MR) is 116 cm³/mol. The van der Waals surface area contributed by atoms with Crippen LogP contribution in [0.15, 0.2) is 64.9 Å². The third-order valence-electron chi connectivity index (χ3n) is 4.26. The summed E-state index contributed by atoms with van der Waals surface area (Å²) in [6.07, 6.45) is 3.74. The maximum atomic E-state index is 6.44. The lowest BCUT2D eigenvalue weighted by atomic mass is 10.2. The Balaban J connectivity index is 1.58. The molecule has 0 aliphatic heterocycles. The van der Waals surface area contributed by atoms with Gasteiger partial charge in [-0.25, -0.2) is 4.98 Å². The van der Waals surface area contributed by atoms with E-state index in [1.807, 2.05) is 35.1 Å². The van der Waals surface area contributed by atoms with Crippen molar-refractivity contribution in [1.29, 1.82) is 0 Å². The molecule has 0 bridgehead atoms. The number of rotatable bonds is 6. The molecular formula is C20H17ClN4OS2. The Kier molecular flexibility index (Phi) is 5.75. The van der Waals surface area contributed by atoms with Crippen LogP contribution in [-0.4, -0.2) is 33.1 Å². The van der Waals surface area contributed by atoms with Crippen molar-refractivity contribution in [1.82, 2.24) is 19.7 Å². The predicted octanol–water partition coefficient (Wildman–Crippen LogP) is 5.49. The van der Waals surface area contributed by atoms with Crippen molar-refractivity contribution >= 4 is 46.0 Å². The second kappa shape index (κ2) is 8.43. The number of ether oxygens (including phenoxy) is 1. The molecule has 0 saturated heterocycles. The molecule has 0 fully saturated rings. The average molecular weight is 429 g/mol. The Bertz CT molecular complexity index is 1130. The summed E-state index contributed by atoms with van der Waals surface area (Å²) in [5.74, 6) is 1.43. The first-order valence-electron chi connectivity index (χ1n) is 8.48. The lowest BCUT2D eigenvalue weighted by Crippen LogP contribution is -1.97. The van der Waals surface area contributed by atoms with Crippen molar-refractivity contribution in [2.24, 2.45) is 0 Å². The SMILES string of the molecule is COc1cccc(-n2cnnc2SCc2cc3ccc(SC)cc3nc2Cl)c1. The Morgan fingerprint density at radius 3 is 2.86 bits per heavy atom. The summed E-state index contributed by atoms with van der Waals surface area (Å²) < 4.78 is 7.24. The van der Waals surface area contributed by atoms with E-state index >= 15 is 0 Å². The molecule has 0 unspecified atom stereocenters. The maximum absolute atomic E-state index is 6.44. The molecule has 2 heterocycles. The quantitative estimate of drug-likeness (QED) is 0.299. The lowest BCUT2D eigenvalue weighted by molar-refractivity contribution is 0.414. The molecule has 0 N–H and O–H groups in total. The lowest BCUT2D eigenvalue weighted by Gasteiger charge is -2.09. The summed E-state index contributed by atoms with van der Waals surface area (Å²) in [6.45, 7) is 0. The zero-order chi connectivity index (χ0) is 19.5. The van der Waals surface area contributed by atoms with Gasteiger partial charge in [-0.15, -0.1) is 22.0 Å². The van der Waals surface area contributed by atoms with Crippen LogP contribution < -0.4 is 4.74 Å². The Hall–Kier alpha value is -2.22. The first kappa shape index (κ1) is 19.1. The summed E-state index contributed by atoms with van der Waals surface area (Å²) in [4.78, 5) is 5.74. The number of methoxy groups -OCH3 is 1. The van der Waals surface area contributed by atoms with Crippen LogP contribution in [0, 0.1) is 0 Å². The number of pyridine rings is 1. The number of aromatic nitrogens is 4. The van der Waals surface area contributed by atoms with Gasteiger partial charge in [0.25, 0.3) is 0 Å². The van der Waals surface area contributed by atoms with Crippen molar-refractivity contribution in [3.63, 3.8) is 0 Å². The smallest absolute Gasteiger partial charge is 0.195 e. The molecule has 4 rings (SSSR count). The highest BCUT2D eigenvalue weighted by atomic mass is 35.5. The second-order valence-electron chi connectivity index (χ2n) is 5.97. The molecule has 5 nitrogen and oxygen atoms in total. The van der Waals surface area contributed by atoms with Gasteiger partial charge in [0.2, 0.25) is 0 Å². The summed E-state index contributed by atoms with van der Waals surface area (Å²) in [5.41, 5.74) is 2.82. The Morgan fingerprint density at radius 2 is 2.04 bits per heavy atom. The minimum atomic E-state index is 0.519. The number of benzene rings is 2. The van der Waals surface area contributed by atoms with Crippen LogP contribution in [0.3, 0.4) is 0 Å². The van der Waals surface area contributed by atoms with Crippen LogP contribution in [0.5, 0.6) is 5.75 Å². The van der Waals surface area contributed by atoms with E-state index in [1.54, 1.807) is 37.0 Å². The van der Waals surface area contributed by atoms with E-state index in [-0.39, 0.29) is 0 Å². The molecule has 0 atom stereocenters. The van der Waals surface area contributed by atoms with E-state index < -0.39 is 0 Å². The summed E-state index contributed by atoms with van der Waals surface area (Å²) >= 11 is 9.70. The van der Waals surface area contributed by atoms with Crippen molar-refractivity contribution in [3.05, 3.63) is 65.6 Å². The van der Waals surface area contributed by atoms with Crippen molar-refractivity contribution in [2.75, 3.05) is 13.4 Å². The number of nitrogens with zero attached hydrogens (tertiary/aromatic N) is 4. The highest BCUT2D eigenvalue weighted by Gasteiger charge is 2.11. The highest BCUT2D eigenvalue weighted by Crippen LogP contribution is 2.30. The number of halogens is 1. The van der Waals surface area contributed by atoms with Crippen molar-refractivity contribution in [3.8, 4) is 11.4 Å². The van der Waals surface area contributed by atoms with Crippen molar-refractivity contribution < 1.29 is 4.74 Å². The van der Waals surface area contributed by atoms with Gasteiger partial charge in [-0.05, 0) is 36.6 Å². The van der Waals surface area contributed by atoms with E-state index in [2.05, 4.69) is 39.4 Å². The molecule has 28 heavy (non-hydrogen) atoms. The van der Waals surface area contributed by atoms with Crippen LogP contribution >= 0.6 is 35.1 Å². The molecular weight excluding hydrogens is 412 g/mol. The largest absolute Gasteiger partial charge is 0.497 e. The standard InChI is InChI=1S/C20H17ClN4OS2/c1-26-16-5-3-4-15(9-16)25-12-22-24-20(25)28-11-14-8-13-6-7-17(27-2)10-18(13)23-19(14)21/h3-10,12H,11H2,1-2H3. The molecule has 0 radical (unpaired) electrons. The highest BCUT2D eigenvalue weighted by molar-refractivity contribution is 7.98. The fourth-order valence-corrected chi connectivity index (χ4v) is 4.42. The zero-order valence-electron chi connectivity index (χ0n) is 15.3. The minimum Gasteiger partial charge on any atom is -0.497 e. The third-order valence-corrected chi connectivity index (χ3v) is 6.30. The Labute approximate surface area is 176 Å². The zero-order valence-corrected chi connectivity index (χ0v) is 17.7. The van der Waals surface area contributed by atoms with Gasteiger partial charge in [0.05, 0.1) is 18.3 Å². The molecule has 0 aliphatic carbocycles. The summed E-state index contributed by atoms with van der Waals surface area (Å²) in [6, 6.07) is 16.1. The molecule has 2 aromatic carbocycles. The van der Waals surface area contributed by atoms with Crippen LogP contribution in [-0.2, 0) is 5.75 Å². The molecule has 0 saturated carbocycles. The summed E-state index contributed by atoms with van der Waals surface area (Å²) in [7, 11) is 1.65.